The summed E-state index contributed by atoms with van der Waals surface area (Å²) in [4.78, 5) is 0. The summed E-state index contributed by atoms with van der Waals surface area (Å²) in [6, 6.07) is 8.41. The summed E-state index contributed by atoms with van der Waals surface area (Å²) >= 11 is 0. The Morgan fingerprint density at radius 1 is 1.18 bits per heavy atom. The average Bonchev–Trinajstić information content (AvgIpc) is 2.63. The minimum Gasteiger partial charge on any atom is -0.496 e. The molecule has 0 aromatic heterocycles. The van der Waals surface area contributed by atoms with Crippen LogP contribution >= 0.6 is 0 Å². The summed E-state index contributed by atoms with van der Waals surface area (Å²) in [5.74, 6) is 2.23. The first-order valence-electron chi connectivity index (χ1n) is 6.69. The summed E-state index contributed by atoms with van der Waals surface area (Å²) in [7, 11) is 1.76. The fourth-order valence-corrected chi connectivity index (χ4v) is 3.05. The van der Waals surface area contributed by atoms with Crippen LogP contribution in [0.3, 0.4) is 0 Å². The number of nitrogens with two attached hydrogens (primary N) is 1. The SMILES string of the molecule is COc1ccccc1C1CCCCCC1CN. The first-order chi connectivity index (χ1) is 8.36. The molecule has 1 fully saturated rings. The maximum Gasteiger partial charge on any atom is 0.122 e. The van der Waals surface area contributed by atoms with Crippen LogP contribution in [-0.4, -0.2) is 13.7 Å². The van der Waals surface area contributed by atoms with Crippen molar-refractivity contribution in [2.75, 3.05) is 13.7 Å². The van der Waals surface area contributed by atoms with Crippen LogP contribution in [-0.2, 0) is 0 Å². The molecule has 0 saturated heterocycles. The lowest BCUT2D eigenvalue weighted by Gasteiger charge is -2.25. The van der Waals surface area contributed by atoms with Gasteiger partial charge in [0.1, 0.15) is 5.75 Å². The zero-order chi connectivity index (χ0) is 12.1. The molecule has 2 heteroatoms. The van der Waals surface area contributed by atoms with Crippen molar-refractivity contribution in [1.82, 2.24) is 0 Å². The van der Waals surface area contributed by atoms with E-state index in [1.807, 2.05) is 6.07 Å². The fourth-order valence-electron chi connectivity index (χ4n) is 3.05. The highest BCUT2D eigenvalue weighted by molar-refractivity contribution is 5.36. The standard InChI is InChI=1S/C15H23NO/c1-17-15-10-6-5-9-14(15)13-8-4-2-3-7-12(13)11-16/h5-6,9-10,12-13H,2-4,7-8,11,16H2,1H3. The van der Waals surface area contributed by atoms with E-state index >= 15 is 0 Å². The molecule has 2 rings (SSSR count). The van der Waals surface area contributed by atoms with Crippen LogP contribution in [0, 0.1) is 5.92 Å². The van der Waals surface area contributed by atoms with Gasteiger partial charge in [0.25, 0.3) is 0 Å². The molecule has 0 bridgehead atoms. The average molecular weight is 233 g/mol. The minimum atomic E-state index is 0.582. The third kappa shape index (κ3) is 2.81. The maximum atomic E-state index is 5.95. The van der Waals surface area contributed by atoms with Crippen LogP contribution < -0.4 is 10.5 Å². The summed E-state index contributed by atoms with van der Waals surface area (Å²) in [6.45, 7) is 0.794. The molecule has 94 valence electrons. The van der Waals surface area contributed by atoms with E-state index < -0.39 is 0 Å². The van der Waals surface area contributed by atoms with Crippen molar-refractivity contribution in [3.63, 3.8) is 0 Å². The van der Waals surface area contributed by atoms with E-state index in [0.717, 1.165) is 12.3 Å². The lowest BCUT2D eigenvalue weighted by molar-refractivity contribution is 0.372. The van der Waals surface area contributed by atoms with Gasteiger partial charge in [0.2, 0.25) is 0 Å². The molecular formula is C15H23NO. The van der Waals surface area contributed by atoms with Crippen LogP contribution in [0.15, 0.2) is 24.3 Å². The predicted molar refractivity (Wildman–Crippen MR) is 71.4 cm³/mol. The molecule has 1 aliphatic rings. The number of hydrogen-bond donors (Lipinski definition) is 1. The zero-order valence-electron chi connectivity index (χ0n) is 10.7. The Kier molecular flexibility index (Phi) is 4.43. The van der Waals surface area contributed by atoms with Crippen molar-refractivity contribution in [3.05, 3.63) is 29.8 Å². The molecule has 2 atom stereocenters. The van der Waals surface area contributed by atoms with E-state index in [1.54, 1.807) is 7.11 Å². The first-order valence-corrected chi connectivity index (χ1v) is 6.69. The van der Waals surface area contributed by atoms with Gasteiger partial charge in [-0.3, -0.25) is 0 Å². The molecule has 2 N–H and O–H groups in total. The molecule has 2 nitrogen and oxygen atoms in total. The normalized spacial score (nSPS) is 25.3. The molecule has 17 heavy (non-hydrogen) atoms. The quantitative estimate of drug-likeness (QED) is 0.813. The number of para-hydroxylation sites is 1. The van der Waals surface area contributed by atoms with Crippen LogP contribution in [0.2, 0.25) is 0 Å². The molecule has 1 aliphatic carbocycles. The van der Waals surface area contributed by atoms with Crippen LogP contribution in [0.5, 0.6) is 5.75 Å². The van der Waals surface area contributed by atoms with Gasteiger partial charge in [-0.05, 0) is 42.9 Å². The Bertz CT molecular complexity index is 351. The second-order valence-corrected chi connectivity index (χ2v) is 4.98. The Balaban J connectivity index is 2.28. The predicted octanol–water partition coefficient (Wildman–Crippen LogP) is 3.32. The molecular weight excluding hydrogens is 210 g/mol. The zero-order valence-corrected chi connectivity index (χ0v) is 10.7. The number of hydrogen-bond acceptors (Lipinski definition) is 2. The van der Waals surface area contributed by atoms with Crippen molar-refractivity contribution >= 4 is 0 Å². The smallest absolute Gasteiger partial charge is 0.122 e. The van der Waals surface area contributed by atoms with Crippen molar-refractivity contribution in [2.24, 2.45) is 11.7 Å². The largest absolute Gasteiger partial charge is 0.496 e. The number of rotatable bonds is 3. The van der Waals surface area contributed by atoms with Crippen LogP contribution in [0.25, 0.3) is 0 Å². The highest BCUT2D eigenvalue weighted by atomic mass is 16.5. The molecule has 0 amide bonds. The van der Waals surface area contributed by atoms with Gasteiger partial charge in [-0.15, -0.1) is 0 Å². The van der Waals surface area contributed by atoms with E-state index in [9.17, 15) is 0 Å². The minimum absolute atomic E-state index is 0.582. The summed E-state index contributed by atoms with van der Waals surface area (Å²) in [6.07, 6.45) is 6.51. The molecule has 0 spiro atoms. The van der Waals surface area contributed by atoms with E-state index in [1.165, 1.54) is 37.7 Å². The van der Waals surface area contributed by atoms with E-state index in [-0.39, 0.29) is 0 Å². The highest BCUT2D eigenvalue weighted by Crippen LogP contribution is 2.39. The van der Waals surface area contributed by atoms with Crippen LogP contribution in [0.4, 0.5) is 0 Å². The van der Waals surface area contributed by atoms with Gasteiger partial charge in [-0.1, -0.05) is 37.5 Å². The van der Waals surface area contributed by atoms with E-state index in [2.05, 4.69) is 18.2 Å². The Hall–Kier alpha value is -1.02. The van der Waals surface area contributed by atoms with E-state index in [4.69, 9.17) is 10.5 Å². The van der Waals surface area contributed by atoms with Crippen molar-refractivity contribution < 1.29 is 4.74 Å². The van der Waals surface area contributed by atoms with Crippen molar-refractivity contribution in [3.8, 4) is 5.75 Å². The van der Waals surface area contributed by atoms with Gasteiger partial charge in [-0.2, -0.15) is 0 Å². The Morgan fingerprint density at radius 3 is 2.71 bits per heavy atom. The van der Waals surface area contributed by atoms with Gasteiger partial charge in [0.05, 0.1) is 7.11 Å². The fraction of sp³-hybridized carbons (Fsp3) is 0.600. The van der Waals surface area contributed by atoms with Gasteiger partial charge in [-0.25, -0.2) is 0 Å². The highest BCUT2D eigenvalue weighted by Gasteiger charge is 2.26. The monoisotopic (exact) mass is 233 g/mol. The van der Waals surface area contributed by atoms with Gasteiger partial charge >= 0.3 is 0 Å². The molecule has 2 unspecified atom stereocenters. The molecule has 0 aliphatic heterocycles. The molecule has 0 radical (unpaired) electrons. The Morgan fingerprint density at radius 2 is 1.94 bits per heavy atom. The van der Waals surface area contributed by atoms with Crippen LogP contribution in [0.1, 0.15) is 43.6 Å². The molecule has 0 heterocycles. The number of ether oxygens (including phenoxy) is 1. The second-order valence-electron chi connectivity index (χ2n) is 4.98. The van der Waals surface area contributed by atoms with Gasteiger partial charge < -0.3 is 10.5 Å². The molecule has 1 aromatic rings. The van der Waals surface area contributed by atoms with Gasteiger partial charge in [0, 0.05) is 0 Å². The summed E-state index contributed by atoms with van der Waals surface area (Å²) in [5.41, 5.74) is 7.31. The third-order valence-corrected chi connectivity index (χ3v) is 4.00. The molecule has 1 aromatic carbocycles. The third-order valence-electron chi connectivity index (χ3n) is 4.00. The van der Waals surface area contributed by atoms with Gasteiger partial charge in [0.15, 0.2) is 0 Å². The number of methoxy groups -OCH3 is 1. The Labute approximate surface area is 104 Å². The van der Waals surface area contributed by atoms with Crippen molar-refractivity contribution in [1.29, 1.82) is 0 Å². The summed E-state index contributed by atoms with van der Waals surface area (Å²) < 4.78 is 5.49. The summed E-state index contributed by atoms with van der Waals surface area (Å²) in [5, 5.41) is 0. The van der Waals surface area contributed by atoms with Crippen molar-refractivity contribution in [2.45, 2.75) is 38.0 Å². The number of benzene rings is 1. The molecule has 1 saturated carbocycles. The topological polar surface area (TPSA) is 35.2 Å². The maximum absolute atomic E-state index is 5.95. The first kappa shape index (κ1) is 12.4. The second kappa shape index (κ2) is 6.06. The lowest BCUT2D eigenvalue weighted by Crippen LogP contribution is -2.21. The lowest BCUT2D eigenvalue weighted by atomic mass is 9.82. The van der Waals surface area contributed by atoms with E-state index in [0.29, 0.717) is 11.8 Å².